The van der Waals surface area contributed by atoms with Gasteiger partial charge in [0, 0.05) is 11.6 Å². The van der Waals surface area contributed by atoms with Crippen LogP contribution in [0.25, 0.3) is 6.08 Å². The molecule has 108 valence electrons. The number of likely N-dealkylation sites (tertiary alicyclic amines) is 1. The number of benzene rings is 1. The molecule has 5 heteroatoms. The average molecular weight is 312 g/mol. The fourth-order valence-electron chi connectivity index (χ4n) is 2.91. The normalized spacial score (nSPS) is 22.1. The summed E-state index contributed by atoms with van der Waals surface area (Å²) in [6.07, 6.45) is 6.59. The molecule has 0 N–H and O–H groups in total. The molecular formula is C15H18ClNO2S. The first-order chi connectivity index (χ1) is 9.57. The largest absolute Gasteiger partial charge is 0.298 e. The van der Waals surface area contributed by atoms with Crippen LogP contribution in [0.3, 0.4) is 0 Å². The molecule has 3 rings (SSSR count). The molecule has 0 radical (unpaired) electrons. The topological polar surface area (TPSA) is 37.4 Å². The first-order valence-electron chi connectivity index (χ1n) is 7.05. The van der Waals surface area contributed by atoms with Gasteiger partial charge in [-0.25, -0.2) is 8.42 Å². The number of nitrogens with zero attached hydrogens (tertiary/aromatic N) is 1. The highest BCUT2D eigenvalue weighted by Gasteiger charge is 2.30. The van der Waals surface area contributed by atoms with Crippen LogP contribution in [0.15, 0.2) is 28.0 Å². The summed E-state index contributed by atoms with van der Waals surface area (Å²) in [4.78, 5) is 3.16. The molecule has 0 amide bonds. The molecule has 1 aromatic rings. The minimum atomic E-state index is -3.31. The molecule has 1 aromatic carbocycles. The predicted molar refractivity (Wildman–Crippen MR) is 81.5 cm³/mol. The highest BCUT2D eigenvalue weighted by molar-refractivity contribution is 7.95. The molecule has 0 unspecified atom stereocenters. The van der Waals surface area contributed by atoms with Gasteiger partial charge in [-0.3, -0.25) is 4.90 Å². The van der Waals surface area contributed by atoms with Crippen LogP contribution in [0, 0.1) is 0 Å². The van der Waals surface area contributed by atoms with E-state index in [1.54, 1.807) is 24.3 Å². The first kappa shape index (κ1) is 14.1. The van der Waals surface area contributed by atoms with Crippen molar-refractivity contribution in [2.75, 3.05) is 19.6 Å². The van der Waals surface area contributed by atoms with E-state index in [1.807, 2.05) is 0 Å². The van der Waals surface area contributed by atoms with Gasteiger partial charge in [-0.1, -0.05) is 24.4 Å². The minimum absolute atomic E-state index is 0.395. The summed E-state index contributed by atoms with van der Waals surface area (Å²) in [5.74, 6) is 0. The van der Waals surface area contributed by atoms with Crippen LogP contribution in [-0.2, 0) is 9.84 Å². The lowest BCUT2D eigenvalue weighted by Gasteiger charge is -2.19. The zero-order chi connectivity index (χ0) is 14.2. The van der Waals surface area contributed by atoms with Crippen molar-refractivity contribution in [1.82, 2.24) is 4.90 Å². The van der Waals surface area contributed by atoms with E-state index in [9.17, 15) is 8.42 Å². The van der Waals surface area contributed by atoms with Crippen molar-refractivity contribution < 1.29 is 8.42 Å². The van der Waals surface area contributed by atoms with Crippen LogP contribution in [0.2, 0.25) is 5.02 Å². The number of hydrogen-bond donors (Lipinski definition) is 0. The van der Waals surface area contributed by atoms with Crippen LogP contribution in [0.5, 0.6) is 0 Å². The van der Waals surface area contributed by atoms with E-state index < -0.39 is 9.84 Å². The van der Waals surface area contributed by atoms with E-state index in [0.29, 0.717) is 21.4 Å². The fourth-order valence-corrected chi connectivity index (χ4v) is 4.69. The van der Waals surface area contributed by atoms with Gasteiger partial charge in [-0.2, -0.15) is 0 Å². The van der Waals surface area contributed by atoms with Gasteiger partial charge in [0.05, 0.1) is 9.80 Å². The Morgan fingerprint density at radius 3 is 2.50 bits per heavy atom. The van der Waals surface area contributed by atoms with E-state index in [1.165, 1.54) is 12.8 Å². The van der Waals surface area contributed by atoms with Crippen LogP contribution in [-0.4, -0.2) is 33.0 Å². The van der Waals surface area contributed by atoms with Crippen LogP contribution in [0.1, 0.15) is 31.2 Å². The molecule has 1 saturated heterocycles. The molecule has 0 aliphatic carbocycles. The predicted octanol–water partition coefficient (Wildman–Crippen LogP) is 3.34. The standard InChI is InChI=1S/C15H18ClNO2S/c16-13-5-6-15-12(9-13)10-14(20(15,18)19)11-17-7-3-1-2-4-8-17/h5-6,9-10H,1-4,7-8,11H2. The maximum absolute atomic E-state index is 12.5. The molecule has 0 saturated carbocycles. The van der Waals surface area contributed by atoms with E-state index in [2.05, 4.69) is 4.90 Å². The second-order valence-electron chi connectivity index (χ2n) is 5.49. The third kappa shape index (κ3) is 2.65. The monoisotopic (exact) mass is 311 g/mol. The number of sulfone groups is 1. The maximum atomic E-state index is 12.5. The quantitative estimate of drug-likeness (QED) is 0.840. The van der Waals surface area contributed by atoms with Gasteiger partial charge in [0.15, 0.2) is 0 Å². The van der Waals surface area contributed by atoms with Gasteiger partial charge in [-0.15, -0.1) is 0 Å². The number of hydrogen-bond acceptors (Lipinski definition) is 3. The third-order valence-corrected chi connectivity index (χ3v) is 6.12. The third-order valence-electron chi connectivity index (χ3n) is 4.00. The molecule has 0 atom stereocenters. The van der Waals surface area contributed by atoms with Crippen molar-refractivity contribution in [3.8, 4) is 0 Å². The highest BCUT2D eigenvalue weighted by atomic mass is 35.5. The Balaban J connectivity index is 1.86. The van der Waals surface area contributed by atoms with Gasteiger partial charge in [0.25, 0.3) is 0 Å². The minimum Gasteiger partial charge on any atom is -0.298 e. The van der Waals surface area contributed by atoms with E-state index in [4.69, 9.17) is 11.6 Å². The van der Waals surface area contributed by atoms with Crippen molar-refractivity contribution >= 4 is 27.5 Å². The number of halogens is 1. The number of fused-ring (bicyclic) bond motifs is 1. The molecule has 3 nitrogen and oxygen atoms in total. The Morgan fingerprint density at radius 2 is 1.80 bits per heavy atom. The second kappa shape index (κ2) is 5.51. The van der Waals surface area contributed by atoms with Crippen molar-refractivity contribution in [2.24, 2.45) is 0 Å². The van der Waals surface area contributed by atoms with E-state index in [0.717, 1.165) is 31.5 Å². The summed E-state index contributed by atoms with van der Waals surface area (Å²) in [6, 6.07) is 4.98. The zero-order valence-corrected chi connectivity index (χ0v) is 12.9. The summed E-state index contributed by atoms with van der Waals surface area (Å²) in [5.41, 5.74) is 0.724. The van der Waals surface area contributed by atoms with Gasteiger partial charge in [0.2, 0.25) is 9.84 Å². The summed E-state index contributed by atoms with van der Waals surface area (Å²) >= 11 is 5.94. The lowest BCUT2D eigenvalue weighted by atomic mass is 10.2. The fraction of sp³-hybridized carbons (Fsp3) is 0.467. The number of rotatable bonds is 2. The first-order valence-corrected chi connectivity index (χ1v) is 8.91. The Labute approximate surface area is 125 Å². The summed E-state index contributed by atoms with van der Waals surface area (Å²) in [7, 11) is -3.31. The lowest BCUT2D eigenvalue weighted by Crippen LogP contribution is -2.28. The van der Waals surface area contributed by atoms with Gasteiger partial charge in [0.1, 0.15) is 0 Å². The smallest absolute Gasteiger partial charge is 0.204 e. The highest BCUT2D eigenvalue weighted by Crippen LogP contribution is 2.34. The van der Waals surface area contributed by atoms with Crippen molar-refractivity contribution in [3.63, 3.8) is 0 Å². The van der Waals surface area contributed by atoms with Crippen molar-refractivity contribution in [3.05, 3.63) is 33.7 Å². The zero-order valence-electron chi connectivity index (χ0n) is 11.3. The summed E-state index contributed by atoms with van der Waals surface area (Å²) in [5, 5.41) is 0.575. The molecule has 1 fully saturated rings. The Hall–Kier alpha value is -0.840. The molecule has 0 bridgehead atoms. The summed E-state index contributed by atoms with van der Waals surface area (Å²) < 4.78 is 25.0. The maximum Gasteiger partial charge on any atom is 0.204 e. The lowest BCUT2D eigenvalue weighted by molar-refractivity contribution is 0.313. The van der Waals surface area contributed by atoms with Crippen LogP contribution in [0.4, 0.5) is 0 Å². The van der Waals surface area contributed by atoms with Crippen molar-refractivity contribution in [2.45, 2.75) is 30.6 Å². The summed E-state index contributed by atoms with van der Waals surface area (Å²) in [6.45, 7) is 2.50. The molecule has 0 aromatic heterocycles. The molecular weight excluding hydrogens is 294 g/mol. The molecule has 20 heavy (non-hydrogen) atoms. The Morgan fingerprint density at radius 1 is 1.10 bits per heavy atom. The van der Waals surface area contributed by atoms with Crippen molar-refractivity contribution in [1.29, 1.82) is 0 Å². The van der Waals surface area contributed by atoms with E-state index >= 15 is 0 Å². The van der Waals surface area contributed by atoms with Gasteiger partial charge < -0.3 is 0 Å². The SMILES string of the molecule is O=S1(=O)C(CN2CCCCCC2)=Cc2cc(Cl)ccc21. The molecule has 2 heterocycles. The molecule has 0 spiro atoms. The van der Waals surface area contributed by atoms with Gasteiger partial charge in [-0.05, 0) is 55.8 Å². The Bertz CT molecular complexity index is 644. The van der Waals surface area contributed by atoms with Crippen LogP contribution >= 0.6 is 11.6 Å². The molecule has 2 aliphatic heterocycles. The van der Waals surface area contributed by atoms with Gasteiger partial charge >= 0.3 is 0 Å². The average Bonchev–Trinajstić information content (AvgIpc) is 2.60. The Kier molecular flexibility index (Phi) is 3.89. The second-order valence-corrected chi connectivity index (χ2v) is 7.89. The molecule has 2 aliphatic rings. The van der Waals surface area contributed by atoms with Crippen LogP contribution < -0.4 is 0 Å². The van der Waals surface area contributed by atoms with E-state index in [-0.39, 0.29) is 0 Å².